The molecule has 0 bridgehead atoms. The molecule has 0 saturated carbocycles. The van der Waals surface area contributed by atoms with Gasteiger partial charge in [0.25, 0.3) is 5.91 Å². The third kappa shape index (κ3) is 4.16. The van der Waals surface area contributed by atoms with Gasteiger partial charge in [-0.25, -0.2) is 9.97 Å². The molecule has 1 aromatic heterocycles. The highest BCUT2D eigenvalue weighted by molar-refractivity contribution is 7.98. The Balaban J connectivity index is 1.55. The molecular formula is C22H16ClN3OS. The van der Waals surface area contributed by atoms with Crippen molar-refractivity contribution in [3.05, 3.63) is 95.3 Å². The van der Waals surface area contributed by atoms with Crippen molar-refractivity contribution in [2.45, 2.75) is 10.9 Å². The van der Waals surface area contributed by atoms with Gasteiger partial charge in [0.05, 0.1) is 11.2 Å². The quantitative estimate of drug-likeness (QED) is 0.335. The Morgan fingerprint density at radius 3 is 2.57 bits per heavy atom. The van der Waals surface area contributed by atoms with E-state index in [1.165, 1.54) is 18.0 Å². The standard InChI is InChI=1S/C22H16ClN3OS/c23-18-13-24-22(28-14-15-7-2-1-3-8-15)26-20(18)21(27)25-19-12-6-10-16-9-4-5-11-17(16)19/h1-13H,14H2,(H,25,27). The lowest BCUT2D eigenvalue weighted by Gasteiger charge is -2.10. The molecule has 0 spiro atoms. The lowest BCUT2D eigenvalue weighted by Crippen LogP contribution is -2.15. The Morgan fingerprint density at radius 1 is 0.964 bits per heavy atom. The summed E-state index contributed by atoms with van der Waals surface area (Å²) in [7, 11) is 0. The molecule has 4 aromatic rings. The predicted molar refractivity (Wildman–Crippen MR) is 115 cm³/mol. The summed E-state index contributed by atoms with van der Waals surface area (Å²) in [5, 5.41) is 5.66. The van der Waals surface area contributed by atoms with Crippen molar-refractivity contribution >= 4 is 45.7 Å². The van der Waals surface area contributed by atoms with Gasteiger partial charge in [-0.15, -0.1) is 0 Å². The van der Waals surface area contributed by atoms with Crippen molar-refractivity contribution in [1.82, 2.24) is 9.97 Å². The molecule has 138 valence electrons. The second-order valence-corrected chi connectivity index (χ2v) is 7.45. The highest BCUT2D eigenvalue weighted by Gasteiger charge is 2.16. The molecule has 0 unspecified atom stereocenters. The minimum atomic E-state index is -0.356. The number of aromatic nitrogens is 2. The Labute approximate surface area is 172 Å². The number of rotatable bonds is 5. The van der Waals surface area contributed by atoms with Crippen molar-refractivity contribution in [2.24, 2.45) is 0 Å². The van der Waals surface area contributed by atoms with Crippen LogP contribution in [0.25, 0.3) is 10.8 Å². The van der Waals surface area contributed by atoms with Gasteiger partial charge < -0.3 is 5.32 Å². The number of hydrogen-bond acceptors (Lipinski definition) is 4. The van der Waals surface area contributed by atoms with E-state index in [1.807, 2.05) is 72.8 Å². The zero-order chi connectivity index (χ0) is 19.3. The maximum atomic E-state index is 12.8. The molecular weight excluding hydrogens is 390 g/mol. The molecule has 6 heteroatoms. The van der Waals surface area contributed by atoms with Gasteiger partial charge in [0, 0.05) is 16.8 Å². The topological polar surface area (TPSA) is 54.9 Å². The average molecular weight is 406 g/mol. The van der Waals surface area contributed by atoms with Crippen molar-refractivity contribution in [1.29, 1.82) is 0 Å². The molecule has 28 heavy (non-hydrogen) atoms. The van der Waals surface area contributed by atoms with Gasteiger partial charge in [-0.3, -0.25) is 4.79 Å². The third-order valence-corrected chi connectivity index (χ3v) is 5.39. The summed E-state index contributed by atoms with van der Waals surface area (Å²) < 4.78 is 0. The van der Waals surface area contributed by atoms with E-state index in [2.05, 4.69) is 15.3 Å². The molecule has 0 radical (unpaired) electrons. The van der Waals surface area contributed by atoms with Gasteiger partial charge in [0.2, 0.25) is 0 Å². The smallest absolute Gasteiger partial charge is 0.275 e. The van der Waals surface area contributed by atoms with Crippen LogP contribution in [0.15, 0.2) is 84.1 Å². The number of carbonyl (C=O) groups excluding carboxylic acids is 1. The normalized spacial score (nSPS) is 10.8. The Hall–Kier alpha value is -2.89. The van der Waals surface area contributed by atoms with Crippen LogP contribution in [0.2, 0.25) is 5.02 Å². The molecule has 3 aromatic carbocycles. The number of hydrogen-bond donors (Lipinski definition) is 1. The van der Waals surface area contributed by atoms with E-state index < -0.39 is 0 Å². The van der Waals surface area contributed by atoms with Gasteiger partial charge in [-0.1, -0.05) is 90.1 Å². The second kappa shape index (κ2) is 8.42. The van der Waals surface area contributed by atoms with Crippen molar-refractivity contribution in [3.8, 4) is 0 Å². The van der Waals surface area contributed by atoms with Gasteiger partial charge in [0.15, 0.2) is 10.9 Å². The fourth-order valence-corrected chi connectivity index (χ4v) is 3.77. The molecule has 4 nitrogen and oxygen atoms in total. The van der Waals surface area contributed by atoms with E-state index in [0.29, 0.717) is 10.9 Å². The molecule has 1 amide bonds. The number of thioether (sulfide) groups is 1. The fourth-order valence-electron chi connectivity index (χ4n) is 2.82. The van der Waals surface area contributed by atoms with Crippen LogP contribution in [-0.2, 0) is 5.75 Å². The number of fused-ring (bicyclic) bond motifs is 1. The largest absolute Gasteiger partial charge is 0.320 e. The van der Waals surface area contributed by atoms with Crippen molar-refractivity contribution < 1.29 is 4.79 Å². The van der Waals surface area contributed by atoms with Gasteiger partial charge in [0.1, 0.15) is 0 Å². The number of nitrogens with one attached hydrogen (secondary N) is 1. The van der Waals surface area contributed by atoms with Crippen LogP contribution in [0.5, 0.6) is 0 Å². The highest BCUT2D eigenvalue weighted by Crippen LogP contribution is 2.25. The van der Waals surface area contributed by atoms with E-state index in [1.54, 1.807) is 0 Å². The first-order valence-corrected chi connectivity index (χ1v) is 10.1. The minimum Gasteiger partial charge on any atom is -0.320 e. The van der Waals surface area contributed by atoms with E-state index >= 15 is 0 Å². The molecule has 0 aliphatic rings. The zero-order valence-electron chi connectivity index (χ0n) is 14.8. The van der Waals surface area contributed by atoms with Crippen LogP contribution in [0.3, 0.4) is 0 Å². The van der Waals surface area contributed by atoms with E-state index in [4.69, 9.17) is 11.6 Å². The lowest BCUT2D eigenvalue weighted by atomic mass is 10.1. The fraction of sp³-hybridized carbons (Fsp3) is 0.0455. The number of halogens is 1. The van der Waals surface area contributed by atoms with Crippen LogP contribution in [0, 0.1) is 0 Å². The number of anilines is 1. The first-order chi connectivity index (χ1) is 13.7. The van der Waals surface area contributed by atoms with Crippen molar-refractivity contribution in [3.63, 3.8) is 0 Å². The summed E-state index contributed by atoms with van der Waals surface area (Å²) in [5.74, 6) is 0.359. The Bertz CT molecular complexity index is 1130. The maximum Gasteiger partial charge on any atom is 0.275 e. The van der Waals surface area contributed by atoms with Crippen LogP contribution in [0.1, 0.15) is 16.1 Å². The molecule has 0 saturated heterocycles. The molecule has 0 aliphatic carbocycles. The summed E-state index contributed by atoms with van der Waals surface area (Å²) in [6, 6.07) is 23.7. The second-order valence-electron chi connectivity index (χ2n) is 6.10. The number of nitrogens with zero attached hydrogens (tertiary/aromatic N) is 2. The lowest BCUT2D eigenvalue weighted by molar-refractivity contribution is 0.102. The number of benzene rings is 3. The first kappa shape index (κ1) is 18.5. The molecule has 1 heterocycles. The van der Waals surface area contributed by atoms with Gasteiger partial charge >= 0.3 is 0 Å². The van der Waals surface area contributed by atoms with E-state index in [-0.39, 0.29) is 16.6 Å². The summed E-state index contributed by atoms with van der Waals surface area (Å²) in [6.07, 6.45) is 1.47. The first-order valence-electron chi connectivity index (χ1n) is 8.69. The predicted octanol–water partition coefficient (Wildman–Crippen LogP) is 5.83. The minimum absolute atomic E-state index is 0.167. The van der Waals surface area contributed by atoms with E-state index in [0.717, 1.165) is 22.0 Å². The molecule has 1 N–H and O–H groups in total. The van der Waals surface area contributed by atoms with Crippen molar-refractivity contribution in [2.75, 3.05) is 5.32 Å². The maximum absolute atomic E-state index is 12.8. The molecule has 0 atom stereocenters. The number of carbonyl (C=O) groups is 1. The monoisotopic (exact) mass is 405 g/mol. The van der Waals surface area contributed by atoms with Crippen LogP contribution in [0.4, 0.5) is 5.69 Å². The molecule has 4 rings (SSSR count). The Morgan fingerprint density at radius 2 is 1.71 bits per heavy atom. The summed E-state index contributed by atoms with van der Waals surface area (Å²) >= 11 is 7.66. The summed E-state index contributed by atoms with van der Waals surface area (Å²) in [6.45, 7) is 0. The Kier molecular flexibility index (Phi) is 5.55. The average Bonchev–Trinajstić information content (AvgIpc) is 2.74. The van der Waals surface area contributed by atoms with Crippen LogP contribution < -0.4 is 5.32 Å². The number of amides is 1. The summed E-state index contributed by atoms with van der Waals surface area (Å²) in [4.78, 5) is 21.4. The molecule has 0 aliphatic heterocycles. The summed E-state index contributed by atoms with van der Waals surface area (Å²) in [5.41, 5.74) is 2.05. The van der Waals surface area contributed by atoms with Crippen LogP contribution in [-0.4, -0.2) is 15.9 Å². The SMILES string of the molecule is O=C(Nc1cccc2ccccc12)c1nc(SCc2ccccc2)ncc1Cl. The highest BCUT2D eigenvalue weighted by atomic mass is 35.5. The third-order valence-electron chi connectivity index (χ3n) is 4.19. The van der Waals surface area contributed by atoms with Crippen LogP contribution >= 0.6 is 23.4 Å². The van der Waals surface area contributed by atoms with E-state index in [9.17, 15) is 4.79 Å². The van der Waals surface area contributed by atoms with Gasteiger partial charge in [-0.2, -0.15) is 0 Å². The zero-order valence-corrected chi connectivity index (χ0v) is 16.4. The van der Waals surface area contributed by atoms with Gasteiger partial charge in [-0.05, 0) is 17.0 Å². The molecule has 0 fully saturated rings.